The maximum Gasteiger partial charge on any atom is 0.144 e. The number of allylic oxidation sites excluding steroid dienone is 1. The molecule has 0 spiro atoms. The van der Waals surface area contributed by atoms with Crippen molar-refractivity contribution in [2.24, 2.45) is 16.3 Å². The average Bonchev–Trinajstić information content (AvgIpc) is 2.78. The largest absolute Gasteiger partial charge is 0.379 e. The van der Waals surface area contributed by atoms with Crippen LogP contribution in [0.2, 0.25) is 0 Å². The van der Waals surface area contributed by atoms with Gasteiger partial charge in [-0.25, -0.2) is 4.99 Å². The van der Waals surface area contributed by atoms with Crippen LogP contribution in [0.15, 0.2) is 64.1 Å². The Kier molecular flexibility index (Phi) is 4.77. The number of nitrogens with one attached hydrogen (secondary N) is 1. The number of Topliss-reactive ketones (excluding diaryl/α,β-unsaturated/α-hetero) is 1. The van der Waals surface area contributed by atoms with E-state index in [1.54, 1.807) is 0 Å². The molecule has 0 radical (unpaired) electrons. The molecule has 138 valence electrons. The zero-order valence-corrected chi connectivity index (χ0v) is 17.2. The van der Waals surface area contributed by atoms with Gasteiger partial charge in [0.1, 0.15) is 5.78 Å². The molecule has 1 aliphatic heterocycles. The molecule has 1 aliphatic carbocycles. The van der Waals surface area contributed by atoms with Crippen molar-refractivity contribution in [3.63, 3.8) is 0 Å². The Morgan fingerprint density at radius 3 is 2.63 bits per heavy atom. The Bertz CT molecular complexity index is 930. The van der Waals surface area contributed by atoms with Crippen LogP contribution in [0.5, 0.6) is 0 Å². The number of rotatable bonds is 2. The molecule has 3 nitrogen and oxygen atoms in total. The summed E-state index contributed by atoms with van der Waals surface area (Å²) in [4.78, 5) is 18.1. The van der Waals surface area contributed by atoms with Crippen molar-refractivity contribution in [2.75, 3.05) is 5.32 Å². The Hall–Kier alpha value is -2.20. The van der Waals surface area contributed by atoms with E-state index >= 15 is 0 Å². The van der Waals surface area contributed by atoms with Gasteiger partial charge in [-0.2, -0.15) is 0 Å². The minimum atomic E-state index is -0.250. The third kappa shape index (κ3) is 3.77. The predicted octanol–water partition coefficient (Wildman–Crippen LogP) is 5.99. The zero-order chi connectivity index (χ0) is 19.0. The van der Waals surface area contributed by atoms with Gasteiger partial charge in [-0.15, -0.1) is 0 Å². The molecule has 27 heavy (non-hydrogen) atoms. The van der Waals surface area contributed by atoms with Crippen LogP contribution >= 0.6 is 15.9 Å². The van der Waals surface area contributed by atoms with Gasteiger partial charge in [0.15, 0.2) is 0 Å². The van der Waals surface area contributed by atoms with Gasteiger partial charge in [-0.1, -0.05) is 56.3 Å². The second-order valence-electron chi connectivity index (χ2n) is 8.16. The summed E-state index contributed by atoms with van der Waals surface area (Å²) in [5.41, 5.74) is 3.77. The summed E-state index contributed by atoms with van der Waals surface area (Å²) in [6.45, 7) is 4.34. The first-order chi connectivity index (χ1) is 12.9. The van der Waals surface area contributed by atoms with Gasteiger partial charge in [0.2, 0.25) is 0 Å². The number of hydrogen-bond donors (Lipinski definition) is 1. The third-order valence-corrected chi connectivity index (χ3v) is 5.93. The van der Waals surface area contributed by atoms with E-state index in [0.29, 0.717) is 6.42 Å². The number of benzene rings is 2. The van der Waals surface area contributed by atoms with Crippen molar-refractivity contribution in [1.29, 1.82) is 0 Å². The van der Waals surface area contributed by atoms with Crippen LogP contribution in [0.3, 0.4) is 0 Å². The number of carbonyl (C=O) groups is 1. The number of nitrogens with zero attached hydrogens (tertiary/aromatic N) is 1. The number of fused-ring (bicyclic) bond motifs is 2. The standard InChI is InChI=1S/C23H23BrN2O/c1-23(2)13-19-21(20(27)14-23)22(16(24)12-15-8-4-3-5-9-15)26-18-11-7-6-10-17(18)25-19/h3-12,19,21,25H,13-14H2,1-2H3. The van der Waals surface area contributed by atoms with Gasteiger partial charge in [-0.05, 0) is 51.5 Å². The van der Waals surface area contributed by atoms with E-state index < -0.39 is 0 Å². The lowest BCUT2D eigenvalue weighted by molar-refractivity contribution is -0.125. The average molecular weight is 423 g/mol. The second-order valence-corrected chi connectivity index (χ2v) is 9.01. The van der Waals surface area contributed by atoms with E-state index in [9.17, 15) is 4.79 Å². The van der Waals surface area contributed by atoms with Crippen LogP contribution in [-0.2, 0) is 4.79 Å². The number of aliphatic imine (C=N–C) groups is 1. The van der Waals surface area contributed by atoms with Crippen molar-refractivity contribution < 1.29 is 4.79 Å². The molecule has 2 aromatic rings. The summed E-state index contributed by atoms with van der Waals surface area (Å²) in [5, 5.41) is 3.61. The van der Waals surface area contributed by atoms with Crippen LogP contribution in [0.1, 0.15) is 32.3 Å². The molecule has 0 bridgehead atoms. The molecule has 1 fully saturated rings. The van der Waals surface area contributed by atoms with E-state index in [4.69, 9.17) is 4.99 Å². The summed E-state index contributed by atoms with van der Waals surface area (Å²) >= 11 is 3.73. The normalized spacial score (nSPS) is 24.2. The van der Waals surface area contributed by atoms with Crippen LogP contribution in [0.4, 0.5) is 11.4 Å². The van der Waals surface area contributed by atoms with Gasteiger partial charge >= 0.3 is 0 Å². The van der Waals surface area contributed by atoms with Gasteiger partial charge in [0, 0.05) is 16.9 Å². The lowest BCUT2D eigenvalue weighted by Gasteiger charge is -2.40. The summed E-state index contributed by atoms with van der Waals surface area (Å²) < 4.78 is 0.871. The lowest BCUT2D eigenvalue weighted by Crippen LogP contribution is -2.47. The van der Waals surface area contributed by atoms with Gasteiger partial charge in [0.05, 0.1) is 23.0 Å². The molecule has 1 N–H and O–H groups in total. The van der Waals surface area contributed by atoms with E-state index in [0.717, 1.165) is 33.6 Å². The minimum Gasteiger partial charge on any atom is -0.379 e. The smallest absolute Gasteiger partial charge is 0.144 e. The molecule has 0 amide bonds. The van der Waals surface area contributed by atoms with Gasteiger partial charge in [-0.3, -0.25) is 4.79 Å². The van der Waals surface area contributed by atoms with Crippen molar-refractivity contribution in [3.8, 4) is 0 Å². The Balaban J connectivity index is 1.83. The molecule has 2 aliphatic rings. The molecule has 2 atom stereocenters. The Morgan fingerprint density at radius 2 is 1.85 bits per heavy atom. The van der Waals surface area contributed by atoms with E-state index in [1.165, 1.54) is 0 Å². The molecule has 4 rings (SSSR count). The molecule has 2 aromatic carbocycles. The molecular weight excluding hydrogens is 400 g/mol. The number of hydrogen-bond acceptors (Lipinski definition) is 3. The van der Waals surface area contributed by atoms with E-state index in [1.807, 2.05) is 54.6 Å². The molecule has 0 aromatic heterocycles. The van der Waals surface area contributed by atoms with E-state index in [2.05, 4.69) is 41.2 Å². The topological polar surface area (TPSA) is 41.5 Å². The van der Waals surface area contributed by atoms with Crippen LogP contribution < -0.4 is 5.32 Å². The molecular formula is C23H23BrN2O. The third-order valence-electron chi connectivity index (χ3n) is 5.29. The zero-order valence-electron chi connectivity index (χ0n) is 15.6. The molecule has 1 heterocycles. The maximum atomic E-state index is 13.1. The highest BCUT2D eigenvalue weighted by Gasteiger charge is 2.44. The first kappa shape index (κ1) is 18.2. The highest BCUT2D eigenvalue weighted by molar-refractivity contribution is 9.12. The van der Waals surface area contributed by atoms with E-state index in [-0.39, 0.29) is 23.2 Å². The summed E-state index contributed by atoms with van der Waals surface area (Å²) in [6, 6.07) is 18.2. The molecule has 2 unspecified atom stereocenters. The quantitative estimate of drug-likeness (QED) is 0.644. The second kappa shape index (κ2) is 7.08. The highest BCUT2D eigenvalue weighted by Crippen LogP contribution is 2.43. The molecule has 1 saturated carbocycles. The number of anilines is 1. The molecule has 0 saturated heterocycles. The first-order valence-electron chi connectivity index (χ1n) is 9.32. The number of para-hydroxylation sites is 2. The number of halogens is 1. The van der Waals surface area contributed by atoms with Crippen molar-refractivity contribution in [2.45, 2.75) is 32.7 Å². The van der Waals surface area contributed by atoms with Crippen LogP contribution in [0, 0.1) is 11.3 Å². The fraction of sp³-hybridized carbons (Fsp3) is 0.304. The monoisotopic (exact) mass is 422 g/mol. The highest BCUT2D eigenvalue weighted by atomic mass is 79.9. The van der Waals surface area contributed by atoms with Crippen LogP contribution in [0.25, 0.3) is 6.08 Å². The molecule has 4 heteroatoms. The maximum absolute atomic E-state index is 13.1. The van der Waals surface area contributed by atoms with Crippen molar-refractivity contribution in [3.05, 3.63) is 64.6 Å². The summed E-state index contributed by atoms with van der Waals surface area (Å²) in [6.07, 6.45) is 3.57. The fourth-order valence-electron chi connectivity index (χ4n) is 4.13. The van der Waals surface area contributed by atoms with Gasteiger partial charge in [0.25, 0.3) is 0 Å². The van der Waals surface area contributed by atoms with Crippen molar-refractivity contribution in [1.82, 2.24) is 0 Å². The van der Waals surface area contributed by atoms with Gasteiger partial charge < -0.3 is 5.32 Å². The predicted molar refractivity (Wildman–Crippen MR) is 116 cm³/mol. The fourth-order valence-corrected chi connectivity index (χ4v) is 4.73. The first-order valence-corrected chi connectivity index (χ1v) is 10.1. The summed E-state index contributed by atoms with van der Waals surface area (Å²) in [5.74, 6) is 0.00785. The van der Waals surface area contributed by atoms with Crippen LogP contribution in [-0.4, -0.2) is 17.5 Å². The summed E-state index contributed by atoms with van der Waals surface area (Å²) in [7, 11) is 0. The Morgan fingerprint density at radius 1 is 1.15 bits per heavy atom. The Labute approximate surface area is 168 Å². The number of ketones is 1. The lowest BCUT2D eigenvalue weighted by atomic mass is 9.68. The number of carbonyl (C=O) groups excluding carboxylic acids is 1. The van der Waals surface area contributed by atoms with Crippen molar-refractivity contribution >= 4 is 44.9 Å². The SMILES string of the molecule is CC1(C)CC(=O)C2C(C(Br)=Cc3ccccc3)=Nc3ccccc3NC2C1. The minimum absolute atomic E-state index is 0.00867.